The molecule has 0 heterocycles. The Morgan fingerprint density at radius 2 is 1.61 bits per heavy atom. The monoisotopic (exact) mass is 258 g/mol. The average molecular weight is 258 g/mol. The van der Waals surface area contributed by atoms with Crippen LogP contribution in [0, 0.1) is 5.92 Å². The molecule has 0 aliphatic carbocycles. The highest BCUT2D eigenvalue weighted by atomic mass is 17.2. The van der Waals surface area contributed by atoms with Crippen molar-refractivity contribution in [2.45, 2.75) is 72.1 Å². The van der Waals surface area contributed by atoms with Gasteiger partial charge in [-0.2, -0.15) is 0 Å². The molecule has 0 aromatic rings. The molecule has 18 heavy (non-hydrogen) atoms. The van der Waals surface area contributed by atoms with Gasteiger partial charge in [0.15, 0.2) is 0 Å². The lowest BCUT2D eigenvalue weighted by Gasteiger charge is -2.11. The lowest BCUT2D eigenvalue weighted by atomic mass is 10.00. The first-order chi connectivity index (χ1) is 8.65. The standard InChI is InChI=1S/C14H26O4/c1-4-7-9-11-13(15)17-18-14(16)12(6-3)10-8-5-2/h12H,4-11H2,1-3H3. The Balaban J connectivity index is 3.81. The zero-order valence-corrected chi connectivity index (χ0v) is 11.9. The van der Waals surface area contributed by atoms with Crippen LogP contribution in [-0.2, 0) is 19.4 Å². The third kappa shape index (κ3) is 8.09. The SMILES string of the molecule is CCCCCC(=O)OOC(=O)C(CC)CCCC. The molecule has 0 fully saturated rings. The van der Waals surface area contributed by atoms with Crippen molar-refractivity contribution in [3.8, 4) is 0 Å². The van der Waals surface area contributed by atoms with Gasteiger partial charge < -0.3 is 0 Å². The van der Waals surface area contributed by atoms with Crippen LogP contribution in [-0.4, -0.2) is 11.9 Å². The first kappa shape index (κ1) is 16.9. The molecule has 0 aromatic heterocycles. The Morgan fingerprint density at radius 3 is 2.17 bits per heavy atom. The molecule has 0 N–H and O–H groups in total. The quantitative estimate of drug-likeness (QED) is 0.359. The van der Waals surface area contributed by atoms with E-state index >= 15 is 0 Å². The molecule has 0 saturated heterocycles. The Labute approximate surface area is 110 Å². The summed E-state index contributed by atoms with van der Waals surface area (Å²) in [4.78, 5) is 32.0. The summed E-state index contributed by atoms with van der Waals surface area (Å²) >= 11 is 0. The third-order valence-corrected chi connectivity index (χ3v) is 2.93. The normalized spacial score (nSPS) is 11.9. The lowest BCUT2D eigenvalue weighted by molar-refractivity contribution is -0.262. The highest BCUT2D eigenvalue weighted by Gasteiger charge is 2.20. The molecule has 0 radical (unpaired) electrons. The summed E-state index contributed by atoms with van der Waals surface area (Å²) in [6, 6.07) is 0. The van der Waals surface area contributed by atoms with Crippen molar-refractivity contribution in [3.63, 3.8) is 0 Å². The first-order valence-corrected chi connectivity index (χ1v) is 7.06. The van der Waals surface area contributed by atoms with E-state index in [0.717, 1.165) is 38.5 Å². The summed E-state index contributed by atoms with van der Waals surface area (Å²) in [5.74, 6) is -1.04. The van der Waals surface area contributed by atoms with Crippen LogP contribution < -0.4 is 0 Å². The van der Waals surface area contributed by atoms with Gasteiger partial charge in [0.05, 0.1) is 12.3 Å². The summed E-state index contributed by atoms with van der Waals surface area (Å²) in [5.41, 5.74) is 0. The minimum Gasteiger partial charge on any atom is -0.247 e. The molecule has 0 aliphatic heterocycles. The van der Waals surface area contributed by atoms with Crippen molar-refractivity contribution in [1.82, 2.24) is 0 Å². The molecule has 1 atom stereocenters. The molecule has 106 valence electrons. The van der Waals surface area contributed by atoms with E-state index in [2.05, 4.69) is 23.6 Å². The van der Waals surface area contributed by atoms with E-state index in [-0.39, 0.29) is 5.92 Å². The van der Waals surface area contributed by atoms with Crippen molar-refractivity contribution in [2.24, 2.45) is 5.92 Å². The minimum absolute atomic E-state index is 0.159. The lowest BCUT2D eigenvalue weighted by Crippen LogP contribution is -2.19. The summed E-state index contributed by atoms with van der Waals surface area (Å²) in [6.07, 6.45) is 6.65. The maximum atomic E-state index is 11.6. The fourth-order valence-corrected chi connectivity index (χ4v) is 1.66. The van der Waals surface area contributed by atoms with Crippen molar-refractivity contribution in [2.75, 3.05) is 0 Å². The van der Waals surface area contributed by atoms with E-state index in [0.29, 0.717) is 12.8 Å². The molecule has 4 nitrogen and oxygen atoms in total. The van der Waals surface area contributed by atoms with Crippen LogP contribution in [0.1, 0.15) is 72.1 Å². The molecule has 0 saturated carbocycles. The van der Waals surface area contributed by atoms with Crippen molar-refractivity contribution >= 4 is 11.9 Å². The van der Waals surface area contributed by atoms with E-state index in [4.69, 9.17) is 0 Å². The van der Waals surface area contributed by atoms with Gasteiger partial charge in [0.2, 0.25) is 0 Å². The Morgan fingerprint density at radius 1 is 0.944 bits per heavy atom. The van der Waals surface area contributed by atoms with Crippen LogP contribution in [0.5, 0.6) is 0 Å². The topological polar surface area (TPSA) is 52.6 Å². The van der Waals surface area contributed by atoms with Crippen molar-refractivity contribution < 1.29 is 19.4 Å². The van der Waals surface area contributed by atoms with E-state index < -0.39 is 11.9 Å². The fraction of sp³-hybridized carbons (Fsp3) is 0.857. The molecule has 1 unspecified atom stereocenters. The predicted molar refractivity (Wildman–Crippen MR) is 69.6 cm³/mol. The van der Waals surface area contributed by atoms with Crippen LogP contribution >= 0.6 is 0 Å². The molecule has 4 heteroatoms. The molecular weight excluding hydrogens is 232 g/mol. The number of carbonyl (C=O) groups is 2. The van der Waals surface area contributed by atoms with Crippen LogP contribution in [0.4, 0.5) is 0 Å². The highest BCUT2D eigenvalue weighted by Crippen LogP contribution is 2.14. The van der Waals surface area contributed by atoms with Crippen LogP contribution in [0.15, 0.2) is 0 Å². The van der Waals surface area contributed by atoms with Crippen LogP contribution in [0.2, 0.25) is 0 Å². The second kappa shape index (κ2) is 11.1. The molecular formula is C14H26O4. The predicted octanol–water partition coefficient (Wildman–Crippen LogP) is 3.78. The number of unbranched alkanes of at least 4 members (excludes halogenated alkanes) is 3. The zero-order chi connectivity index (χ0) is 13.8. The smallest absolute Gasteiger partial charge is 0.247 e. The Kier molecular flexibility index (Phi) is 10.4. The van der Waals surface area contributed by atoms with Gasteiger partial charge in [0.1, 0.15) is 0 Å². The van der Waals surface area contributed by atoms with Gasteiger partial charge in [-0.15, -0.1) is 0 Å². The molecule has 0 rings (SSSR count). The van der Waals surface area contributed by atoms with Gasteiger partial charge in [0.25, 0.3) is 0 Å². The number of hydrogen-bond acceptors (Lipinski definition) is 4. The van der Waals surface area contributed by atoms with Gasteiger partial charge in [0, 0.05) is 0 Å². The van der Waals surface area contributed by atoms with Crippen LogP contribution in [0.3, 0.4) is 0 Å². The largest absolute Gasteiger partial charge is 0.358 e. The second-order valence-corrected chi connectivity index (χ2v) is 4.56. The van der Waals surface area contributed by atoms with Crippen molar-refractivity contribution in [1.29, 1.82) is 0 Å². The minimum atomic E-state index is -0.456. The van der Waals surface area contributed by atoms with Crippen molar-refractivity contribution in [3.05, 3.63) is 0 Å². The third-order valence-electron chi connectivity index (χ3n) is 2.93. The van der Waals surface area contributed by atoms with Crippen LogP contribution in [0.25, 0.3) is 0 Å². The highest BCUT2D eigenvalue weighted by molar-refractivity contribution is 5.74. The summed E-state index contributed by atoms with van der Waals surface area (Å²) in [6.45, 7) is 6.07. The summed E-state index contributed by atoms with van der Waals surface area (Å²) in [7, 11) is 0. The first-order valence-electron chi connectivity index (χ1n) is 7.06. The molecule has 0 aliphatic rings. The molecule has 0 amide bonds. The Bertz CT molecular complexity index is 238. The van der Waals surface area contributed by atoms with E-state index in [1.807, 2.05) is 6.92 Å². The summed E-state index contributed by atoms with van der Waals surface area (Å²) in [5, 5.41) is 0. The average Bonchev–Trinajstić information content (AvgIpc) is 2.37. The molecule has 0 spiro atoms. The number of rotatable bonds is 9. The zero-order valence-electron chi connectivity index (χ0n) is 11.9. The summed E-state index contributed by atoms with van der Waals surface area (Å²) < 4.78 is 0. The van der Waals surface area contributed by atoms with Gasteiger partial charge in [-0.3, -0.25) is 0 Å². The molecule has 0 aromatic carbocycles. The van der Waals surface area contributed by atoms with Gasteiger partial charge in [-0.25, -0.2) is 19.4 Å². The number of carbonyl (C=O) groups excluding carboxylic acids is 2. The fourth-order valence-electron chi connectivity index (χ4n) is 1.66. The molecule has 0 bridgehead atoms. The van der Waals surface area contributed by atoms with Gasteiger partial charge >= 0.3 is 11.9 Å². The van der Waals surface area contributed by atoms with E-state index in [9.17, 15) is 9.59 Å². The maximum Gasteiger partial charge on any atom is 0.358 e. The second-order valence-electron chi connectivity index (χ2n) is 4.56. The Hall–Kier alpha value is -1.06. The van der Waals surface area contributed by atoms with Gasteiger partial charge in [-0.1, -0.05) is 46.5 Å². The van der Waals surface area contributed by atoms with E-state index in [1.54, 1.807) is 0 Å². The number of hydrogen-bond donors (Lipinski definition) is 0. The van der Waals surface area contributed by atoms with E-state index in [1.165, 1.54) is 0 Å². The van der Waals surface area contributed by atoms with Gasteiger partial charge in [-0.05, 0) is 19.3 Å². The maximum absolute atomic E-state index is 11.6.